The van der Waals surface area contributed by atoms with Crippen LogP contribution in [0.15, 0.2) is 24.0 Å². The molecule has 5 rings (SSSR count). The molecule has 2 heterocycles. The smallest absolute Gasteiger partial charge is 0.345 e. The van der Waals surface area contributed by atoms with E-state index in [0.717, 1.165) is 11.1 Å². The van der Waals surface area contributed by atoms with Crippen LogP contribution in [0.2, 0.25) is 0 Å². The van der Waals surface area contributed by atoms with Crippen LogP contribution >= 0.6 is 0 Å². The topological polar surface area (TPSA) is 169 Å². The van der Waals surface area contributed by atoms with Crippen molar-refractivity contribution in [1.82, 2.24) is 4.90 Å². The van der Waals surface area contributed by atoms with Crippen LogP contribution in [0, 0.1) is 0 Å². The summed E-state index contributed by atoms with van der Waals surface area (Å²) in [6.45, 7) is 0.705. The molecule has 1 aromatic rings. The van der Waals surface area contributed by atoms with Crippen molar-refractivity contribution in [1.29, 1.82) is 0 Å². The Morgan fingerprint density at radius 2 is 1.92 bits per heavy atom. The van der Waals surface area contributed by atoms with Gasteiger partial charge in [0.05, 0.1) is 37.4 Å². The van der Waals surface area contributed by atoms with Crippen molar-refractivity contribution in [3.63, 3.8) is 0 Å². The summed E-state index contributed by atoms with van der Waals surface area (Å²) in [7, 11) is 3.52. The molecule has 12 nitrogen and oxygen atoms in total. The molecule has 38 heavy (non-hydrogen) atoms. The first kappa shape index (κ1) is 26.0. The second kappa shape index (κ2) is 9.28. The van der Waals surface area contributed by atoms with Crippen molar-refractivity contribution in [2.75, 3.05) is 20.7 Å². The van der Waals surface area contributed by atoms with Crippen LogP contribution in [0.25, 0.3) is 0 Å². The van der Waals surface area contributed by atoms with Crippen LogP contribution in [0.5, 0.6) is 11.5 Å². The van der Waals surface area contributed by atoms with Crippen molar-refractivity contribution in [3.05, 3.63) is 35.1 Å². The van der Waals surface area contributed by atoms with E-state index in [1.165, 1.54) is 7.11 Å². The number of carboxylic acids is 2. The van der Waals surface area contributed by atoms with Gasteiger partial charge in [0.15, 0.2) is 17.6 Å². The average Bonchev–Trinajstić information content (AvgIpc) is 3.21. The van der Waals surface area contributed by atoms with Crippen LogP contribution in [0.3, 0.4) is 0 Å². The predicted molar refractivity (Wildman–Crippen MR) is 127 cm³/mol. The van der Waals surface area contributed by atoms with Crippen molar-refractivity contribution in [2.24, 2.45) is 0 Å². The number of hydrogen-bond donors (Lipinski definition) is 3. The van der Waals surface area contributed by atoms with Crippen LogP contribution < -0.4 is 9.47 Å². The number of ether oxygens (including phenoxy) is 4. The minimum Gasteiger partial charge on any atom is -0.493 e. The molecule has 204 valence electrons. The van der Waals surface area contributed by atoms with E-state index in [1.807, 2.05) is 19.2 Å². The molecule has 2 bridgehead atoms. The first-order valence-electron chi connectivity index (χ1n) is 12.4. The molecule has 0 aromatic heterocycles. The fraction of sp³-hybridized carbons (Fsp3) is 0.538. The quantitative estimate of drug-likeness (QED) is 0.383. The zero-order valence-electron chi connectivity index (χ0n) is 21.0. The molecule has 4 aliphatic rings. The summed E-state index contributed by atoms with van der Waals surface area (Å²) in [6.07, 6.45) is -1.37. The fourth-order valence-electron chi connectivity index (χ4n) is 6.53. The number of aliphatic hydroxyl groups is 1. The Balaban J connectivity index is 1.35. The van der Waals surface area contributed by atoms with Gasteiger partial charge in [-0.15, -0.1) is 0 Å². The Morgan fingerprint density at radius 3 is 2.61 bits per heavy atom. The standard InChI is InChI=1S/C26H29NO11/c1-27-10-9-25-21-13-3-4-14(35-2)22(21)38-23(25)15(7-8-26(25,34)17(27)11-13)36-19(30)5-6-20(31)37-16(24(32)33)12-18(28)29/h3-4,7,16-17,23,34H,5-6,8-12H2,1-2H3,(H,28,29)(H,32,33)/t16-,17-,23?,25?,26-/m1/s1. The van der Waals surface area contributed by atoms with E-state index in [1.54, 1.807) is 6.08 Å². The number of methoxy groups -OCH3 is 1. The van der Waals surface area contributed by atoms with E-state index < -0.39 is 66.4 Å². The lowest BCUT2D eigenvalue weighted by Gasteiger charge is -2.61. The highest BCUT2D eigenvalue weighted by atomic mass is 16.6. The highest BCUT2D eigenvalue weighted by Gasteiger charge is 2.72. The molecule has 1 fully saturated rings. The lowest BCUT2D eigenvalue weighted by molar-refractivity contribution is -0.171. The first-order valence-corrected chi connectivity index (χ1v) is 12.4. The van der Waals surface area contributed by atoms with Crippen LogP contribution in [0.1, 0.15) is 43.2 Å². The molecule has 1 aromatic carbocycles. The van der Waals surface area contributed by atoms with Gasteiger partial charge in [0.2, 0.25) is 6.10 Å². The number of aliphatic carboxylic acids is 2. The number of benzene rings is 1. The third kappa shape index (κ3) is 3.81. The van der Waals surface area contributed by atoms with Gasteiger partial charge in [0, 0.05) is 18.0 Å². The molecular formula is C26H29NO11. The van der Waals surface area contributed by atoms with Gasteiger partial charge in [-0.25, -0.2) is 4.79 Å². The van der Waals surface area contributed by atoms with E-state index >= 15 is 0 Å². The maximum atomic E-state index is 12.7. The van der Waals surface area contributed by atoms with Gasteiger partial charge in [-0.05, 0) is 44.1 Å². The number of likely N-dealkylation sites (tertiary alicyclic amines) is 1. The van der Waals surface area contributed by atoms with Crippen molar-refractivity contribution >= 4 is 23.9 Å². The molecule has 5 atom stereocenters. The predicted octanol–water partition coefficient (Wildman–Crippen LogP) is 0.767. The van der Waals surface area contributed by atoms with E-state index in [2.05, 4.69) is 4.90 Å². The average molecular weight is 532 g/mol. The van der Waals surface area contributed by atoms with Crippen LogP contribution in [-0.2, 0) is 40.5 Å². The molecule has 2 unspecified atom stereocenters. The Kier molecular flexibility index (Phi) is 6.35. The molecule has 12 heteroatoms. The number of piperidine rings is 1. The number of esters is 2. The van der Waals surface area contributed by atoms with Crippen molar-refractivity contribution in [2.45, 2.75) is 67.8 Å². The maximum Gasteiger partial charge on any atom is 0.345 e. The second-order valence-electron chi connectivity index (χ2n) is 10.2. The van der Waals surface area contributed by atoms with E-state index in [-0.39, 0.29) is 18.2 Å². The number of likely N-dealkylation sites (N-methyl/N-ethyl adjacent to an activating group) is 1. The second-order valence-corrected chi connectivity index (χ2v) is 10.2. The molecule has 1 spiro atoms. The number of hydrogen-bond acceptors (Lipinski definition) is 10. The monoisotopic (exact) mass is 531 g/mol. The number of carbonyl (C=O) groups excluding carboxylic acids is 2. The minimum absolute atomic E-state index is 0.162. The molecule has 0 amide bonds. The number of rotatable bonds is 9. The van der Waals surface area contributed by atoms with Gasteiger partial charge in [-0.2, -0.15) is 0 Å². The van der Waals surface area contributed by atoms with Gasteiger partial charge in [0.1, 0.15) is 5.76 Å². The summed E-state index contributed by atoms with van der Waals surface area (Å²) in [5.41, 5.74) is -0.0761. The third-order valence-corrected chi connectivity index (χ3v) is 8.23. The van der Waals surface area contributed by atoms with E-state index in [4.69, 9.17) is 29.2 Å². The van der Waals surface area contributed by atoms with Gasteiger partial charge in [0.25, 0.3) is 0 Å². The summed E-state index contributed by atoms with van der Waals surface area (Å²) in [5, 5.41) is 30.0. The summed E-state index contributed by atoms with van der Waals surface area (Å²) >= 11 is 0. The lowest BCUT2D eigenvalue weighted by atomic mass is 9.50. The highest BCUT2D eigenvalue weighted by Crippen LogP contribution is 2.65. The van der Waals surface area contributed by atoms with Gasteiger partial charge >= 0.3 is 23.9 Å². The molecule has 2 aliphatic carbocycles. The summed E-state index contributed by atoms with van der Waals surface area (Å²) < 4.78 is 22.3. The Morgan fingerprint density at radius 1 is 1.18 bits per heavy atom. The van der Waals surface area contributed by atoms with Gasteiger partial charge in [-0.1, -0.05) is 6.07 Å². The number of nitrogens with zero attached hydrogens (tertiary/aromatic N) is 1. The summed E-state index contributed by atoms with van der Waals surface area (Å²) in [6, 6.07) is 3.66. The normalized spacial score (nSPS) is 29.3. The largest absolute Gasteiger partial charge is 0.493 e. The summed E-state index contributed by atoms with van der Waals surface area (Å²) in [4.78, 5) is 48.8. The number of carbonyl (C=O) groups is 4. The number of carboxylic acid groups (broad SMARTS) is 2. The molecule has 0 saturated carbocycles. The van der Waals surface area contributed by atoms with Gasteiger partial charge < -0.3 is 39.2 Å². The molecule has 0 radical (unpaired) electrons. The summed E-state index contributed by atoms with van der Waals surface area (Å²) in [5.74, 6) is -3.56. The van der Waals surface area contributed by atoms with Crippen LogP contribution in [-0.4, -0.2) is 88.6 Å². The zero-order valence-corrected chi connectivity index (χ0v) is 21.0. The third-order valence-electron chi connectivity index (χ3n) is 8.23. The molecule has 1 saturated heterocycles. The Hall–Kier alpha value is -3.64. The highest BCUT2D eigenvalue weighted by molar-refractivity contribution is 5.84. The zero-order chi connectivity index (χ0) is 27.4. The SMILES string of the molecule is COc1ccc2c3c1OC1C(OC(=O)CCC(=O)O[C@H](CC(=O)O)C(=O)O)=CC[C@@]4(O)[C@@H](C2)N(C)CCC314. The Bertz CT molecular complexity index is 1240. The van der Waals surface area contributed by atoms with Gasteiger partial charge in [-0.3, -0.25) is 14.4 Å². The maximum absolute atomic E-state index is 12.7. The molecule has 3 N–H and O–H groups in total. The fourth-order valence-corrected chi connectivity index (χ4v) is 6.53. The molecule has 2 aliphatic heterocycles. The van der Waals surface area contributed by atoms with Crippen molar-refractivity contribution in [3.8, 4) is 11.5 Å². The molecular weight excluding hydrogens is 502 g/mol. The van der Waals surface area contributed by atoms with E-state index in [9.17, 15) is 24.3 Å². The first-order chi connectivity index (χ1) is 18.0. The van der Waals surface area contributed by atoms with Crippen LogP contribution in [0.4, 0.5) is 0 Å². The van der Waals surface area contributed by atoms with Crippen molar-refractivity contribution < 1.29 is 53.4 Å². The minimum atomic E-state index is -1.85. The van der Waals surface area contributed by atoms with E-state index in [0.29, 0.717) is 30.9 Å². The lowest BCUT2D eigenvalue weighted by Crippen LogP contribution is -2.74. The Labute approximate surface area is 217 Å².